The predicted octanol–water partition coefficient (Wildman–Crippen LogP) is 6.00. The lowest BCUT2D eigenvalue weighted by Crippen LogP contribution is -2.48. The lowest BCUT2D eigenvalue weighted by Gasteiger charge is -2.33. The number of rotatable bonds is 14. The van der Waals surface area contributed by atoms with Gasteiger partial charge in [0.05, 0.1) is 14.5 Å². The van der Waals surface area contributed by atoms with Gasteiger partial charge >= 0.3 is 0 Å². The van der Waals surface area contributed by atoms with Gasteiger partial charge in [-0.05, 0) is 107 Å². The number of piperidine rings is 1. The van der Waals surface area contributed by atoms with E-state index in [1.165, 1.54) is 4.88 Å². The second-order valence-corrected chi connectivity index (χ2v) is 15.5. The Bertz CT molecular complexity index is 1310. The van der Waals surface area contributed by atoms with Crippen molar-refractivity contribution >= 4 is 50.0 Å². The summed E-state index contributed by atoms with van der Waals surface area (Å²) in [7, 11) is -3.73. The van der Waals surface area contributed by atoms with E-state index in [2.05, 4.69) is 28.7 Å². The summed E-state index contributed by atoms with van der Waals surface area (Å²) in [6.45, 7) is 8.75. The van der Waals surface area contributed by atoms with Gasteiger partial charge in [-0.3, -0.25) is 9.63 Å². The van der Waals surface area contributed by atoms with Crippen LogP contribution in [0.4, 0.5) is 5.69 Å². The van der Waals surface area contributed by atoms with E-state index in [1.54, 1.807) is 42.5 Å². The number of unbranched alkanes of at least 4 members (excludes halogenated alkanes) is 1. The number of ketones is 1. The predicted molar refractivity (Wildman–Crippen MR) is 179 cm³/mol. The van der Waals surface area contributed by atoms with E-state index in [4.69, 9.17) is 26.5 Å². The fourth-order valence-corrected chi connectivity index (χ4v) is 9.17. The first kappa shape index (κ1) is 34.9. The Morgan fingerprint density at radius 1 is 1.14 bits per heavy atom. The zero-order valence-electron chi connectivity index (χ0n) is 26.1. The topological polar surface area (TPSA) is 106 Å². The Morgan fingerprint density at radius 3 is 2.59 bits per heavy atom. The first-order chi connectivity index (χ1) is 21.2. The fourth-order valence-electron chi connectivity index (χ4n) is 5.79. The Hall–Kier alpha value is -1.93. The number of thiocarbonyl (C=S) groups is 1. The minimum Gasteiger partial charge on any atom is -0.381 e. The number of carbonyl (C=O) groups excluding carboxylic acids is 1. The standard InChI is InChI=1S/C32H47N3O6S3/c1-4-6-8-27-11-14-29(43-27)30(36)25-15-19-35(20-16-25)31(42)34-26-9-12-28(13-10-26)44(37,38)32(17-7-21-39-22-18-32)23-33-41-24(3)40-5-2/h9-14,24-25,33H,4-8,15-23H2,1-3H3,(H,34,42). The number of hydrogen-bond donors (Lipinski definition) is 2. The maximum absolute atomic E-state index is 14.0. The van der Waals surface area contributed by atoms with E-state index >= 15 is 0 Å². The average Bonchev–Trinajstić information content (AvgIpc) is 3.36. The second-order valence-electron chi connectivity index (χ2n) is 11.6. The van der Waals surface area contributed by atoms with Crippen LogP contribution in [-0.4, -0.2) is 74.7 Å². The maximum atomic E-state index is 14.0. The molecule has 244 valence electrons. The number of sulfone groups is 1. The molecule has 2 aromatic rings. The molecule has 4 rings (SSSR count). The zero-order chi connectivity index (χ0) is 31.6. The molecule has 0 spiro atoms. The molecule has 0 aliphatic carbocycles. The summed E-state index contributed by atoms with van der Waals surface area (Å²) in [5.41, 5.74) is 3.59. The molecule has 2 unspecified atom stereocenters. The molecule has 0 saturated carbocycles. The molecular weight excluding hydrogens is 619 g/mol. The lowest BCUT2D eigenvalue weighted by molar-refractivity contribution is -0.168. The Balaban J connectivity index is 1.33. The van der Waals surface area contributed by atoms with E-state index < -0.39 is 20.9 Å². The van der Waals surface area contributed by atoms with Crippen molar-refractivity contribution in [1.29, 1.82) is 0 Å². The number of hydroxylamine groups is 1. The molecule has 44 heavy (non-hydrogen) atoms. The third kappa shape index (κ3) is 8.86. The van der Waals surface area contributed by atoms with Gasteiger partial charge in [0.2, 0.25) is 0 Å². The summed E-state index contributed by atoms with van der Waals surface area (Å²) in [5, 5.41) is 3.84. The second kappa shape index (κ2) is 16.6. The number of nitrogens with one attached hydrogen (secondary N) is 2. The third-order valence-electron chi connectivity index (χ3n) is 8.49. The van der Waals surface area contributed by atoms with E-state index in [9.17, 15) is 13.2 Å². The van der Waals surface area contributed by atoms with Gasteiger partial charge in [0.1, 0.15) is 0 Å². The molecule has 2 atom stereocenters. The minimum absolute atomic E-state index is 0.0141. The molecule has 0 bridgehead atoms. The molecule has 1 aromatic heterocycles. The summed E-state index contributed by atoms with van der Waals surface area (Å²) in [5.74, 6) is 0.261. The number of anilines is 1. The third-order valence-corrected chi connectivity index (χ3v) is 12.6. The number of aryl methyl sites for hydroxylation is 1. The van der Waals surface area contributed by atoms with Crippen molar-refractivity contribution in [1.82, 2.24) is 10.4 Å². The van der Waals surface area contributed by atoms with Crippen LogP contribution in [0.15, 0.2) is 41.3 Å². The molecule has 2 N–H and O–H groups in total. The van der Waals surface area contributed by atoms with Crippen LogP contribution in [-0.2, 0) is 30.6 Å². The molecule has 2 aliphatic rings. The van der Waals surface area contributed by atoms with Crippen LogP contribution in [0.2, 0.25) is 0 Å². The average molecular weight is 666 g/mol. The van der Waals surface area contributed by atoms with Crippen LogP contribution in [0, 0.1) is 5.92 Å². The fraction of sp³-hybridized carbons (Fsp3) is 0.625. The van der Waals surface area contributed by atoms with Crippen LogP contribution in [0.3, 0.4) is 0 Å². The smallest absolute Gasteiger partial charge is 0.185 e. The van der Waals surface area contributed by atoms with Gasteiger partial charge in [0.15, 0.2) is 27.0 Å². The summed E-state index contributed by atoms with van der Waals surface area (Å²) in [6.07, 6.45) is 5.82. The number of benzene rings is 1. The quantitative estimate of drug-likeness (QED) is 0.108. The van der Waals surface area contributed by atoms with Crippen LogP contribution in [0.25, 0.3) is 0 Å². The molecule has 1 aromatic carbocycles. The lowest BCUT2D eigenvalue weighted by atomic mass is 9.92. The molecule has 0 amide bonds. The zero-order valence-corrected chi connectivity index (χ0v) is 28.6. The number of ether oxygens (including phenoxy) is 2. The summed E-state index contributed by atoms with van der Waals surface area (Å²) < 4.78 is 38.0. The molecule has 2 saturated heterocycles. The van der Waals surface area contributed by atoms with Crippen LogP contribution < -0.4 is 10.8 Å². The number of hydrogen-bond acceptors (Lipinski definition) is 9. The normalized spacial score (nSPS) is 20.7. The van der Waals surface area contributed by atoms with Gasteiger partial charge in [0.25, 0.3) is 0 Å². The summed E-state index contributed by atoms with van der Waals surface area (Å²) in [4.78, 5) is 23.1. The maximum Gasteiger partial charge on any atom is 0.185 e. The van der Waals surface area contributed by atoms with Gasteiger partial charge < -0.3 is 19.7 Å². The SMILES string of the molecule is CCCCc1ccc(C(=O)C2CCN(C(=S)Nc3ccc(S(=O)(=O)C4(CNOC(C)OCC)CCCOCC4)cc3)CC2)s1. The van der Waals surface area contributed by atoms with Gasteiger partial charge in [-0.2, -0.15) is 5.48 Å². The first-order valence-electron chi connectivity index (χ1n) is 15.8. The van der Waals surface area contributed by atoms with Gasteiger partial charge in [-0.25, -0.2) is 8.42 Å². The number of nitrogens with zero attached hydrogens (tertiary/aromatic N) is 1. The Kier molecular flexibility index (Phi) is 13.2. The molecule has 3 heterocycles. The van der Waals surface area contributed by atoms with Gasteiger partial charge in [-0.15, -0.1) is 11.3 Å². The van der Waals surface area contributed by atoms with E-state index in [0.29, 0.717) is 57.3 Å². The molecule has 2 aliphatic heterocycles. The van der Waals surface area contributed by atoms with Crippen molar-refractivity contribution in [2.24, 2.45) is 5.92 Å². The highest BCUT2D eigenvalue weighted by molar-refractivity contribution is 7.92. The number of carbonyl (C=O) groups is 1. The molecular formula is C32H47N3O6S3. The van der Waals surface area contributed by atoms with Crippen LogP contribution >= 0.6 is 23.6 Å². The van der Waals surface area contributed by atoms with Crippen molar-refractivity contribution in [2.45, 2.75) is 88.1 Å². The van der Waals surface area contributed by atoms with E-state index in [0.717, 1.165) is 42.7 Å². The van der Waals surface area contributed by atoms with Crippen molar-refractivity contribution in [3.05, 3.63) is 46.2 Å². The van der Waals surface area contributed by atoms with Crippen molar-refractivity contribution in [3.8, 4) is 0 Å². The van der Waals surface area contributed by atoms with Crippen LogP contribution in [0.5, 0.6) is 0 Å². The molecule has 12 heteroatoms. The molecule has 2 fully saturated rings. The Morgan fingerprint density at radius 2 is 1.89 bits per heavy atom. The summed E-state index contributed by atoms with van der Waals surface area (Å²) in [6, 6.07) is 10.9. The highest BCUT2D eigenvalue weighted by atomic mass is 32.2. The number of Topliss-reactive ketones (excluding diaryl/α,β-unsaturated/α-hetero) is 1. The van der Waals surface area contributed by atoms with Gasteiger partial charge in [-0.1, -0.05) is 13.3 Å². The van der Waals surface area contributed by atoms with E-state index in [1.807, 2.05) is 13.0 Å². The highest BCUT2D eigenvalue weighted by Crippen LogP contribution is 2.35. The largest absolute Gasteiger partial charge is 0.381 e. The minimum atomic E-state index is -3.73. The van der Waals surface area contributed by atoms with Crippen molar-refractivity contribution in [3.63, 3.8) is 0 Å². The molecule has 0 radical (unpaired) electrons. The number of thiophene rings is 1. The first-order valence-corrected chi connectivity index (χ1v) is 18.5. The van der Waals surface area contributed by atoms with Crippen molar-refractivity contribution < 1.29 is 27.5 Å². The summed E-state index contributed by atoms with van der Waals surface area (Å²) >= 11 is 7.33. The highest BCUT2D eigenvalue weighted by Gasteiger charge is 2.45. The van der Waals surface area contributed by atoms with E-state index in [-0.39, 0.29) is 23.1 Å². The molecule has 9 nitrogen and oxygen atoms in total. The Labute approximate surface area is 271 Å². The van der Waals surface area contributed by atoms with Crippen molar-refractivity contribution in [2.75, 3.05) is 44.8 Å². The number of likely N-dealkylation sites (tertiary alicyclic amines) is 1. The van der Waals surface area contributed by atoms with Crippen LogP contribution in [0.1, 0.15) is 80.3 Å². The van der Waals surface area contributed by atoms with Gasteiger partial charge in [0, 0.05) is 55.9 Å². The monoisotopic (exact) mass is 665 g/mol.